The average Bonchev–Trinajstić information content (AvgIpc) is 2.52. The minimum absolute atomic E-state index is 0.578. The zero-order chi connectivity index (χ0) is 14.2. The van der Waals surface area contributed by atoms with Crippen LogP contribution in [0.1, 0.15) is 12.0 Å². The first kappa shape index (κ1) is 14.6. The molecule has 2 rings (SSSR count). The van der Waals surface area contributed by atoms with E-state index in [4.69, 9.17) is 19.5 Å². The van der Waals surface area contributed by atoms with Crippen molar-refractivity contribution in [1.29, 1.82) is 5.26 Å². The lowest BCUT2D eigenvalue weighted by molar-refractivity contribution is 0.0357. The summed E-state index contributed by atoms with van der Waals surface area (Å²) in [4.78, 5) is 2.37. The van der Waals surface area contributed by atoms with Crippen LogP contribution in [0.3, 0.4) is 0 Å². The number of morpholine rings is 1. The fourth-order valence-electron chi connectivity index (χ4n) is 2.15. The zero-order valence-electron chi connectivity index (χ0n) is 11.8. The van der Waals surface area contributed by atoms with E-state index in [1.807, 2.05) is 0 Å². The van der Waals surface area contributed by atoms with Crippen molar-refractivity contribution in [1.82, 2.24) is 4.90 Å². The highest BCUT2D eigenvalue weighted by molar-refractivity contribution is 5.46. The molecule has 1 saturated heterocycles. The summed E-state index contributed by atoms with van der Waals surface area (Å²) in [6, 6.07) is 7.30. The molecule has 1 heterocycles. The molecule has 1 fully saturated rings. The van der Waals surface area contributed by atoms with Crippen molar-refractivity contribution in [3.8, 4) is 17.6 Å². The van der Waals surface area contributed by atoms with Crippen LogP contribution in [0, 0.1) is 11.3 Å². The van der Waals surface area contributed by atoms with Gasteiger partial charge in [0.1, 0.15) is 0 Å². The Morgan fingerprint density at radius 1 is 1.30 bits per heavy atom. The molecule has 0 radical (unpaired) electrons. The standard InChI is InChI=1S/C15H20N2O3/c1-18-14-4-3-13(12-16)11-15(14)20-8-2-5-17-6-9-19-10-7-17/h3-4,11H,2,5-10H2,1H3. The van der Waals surface area contributed by atoms with E-state index in [-0.39, 0.29) is 0 Å². The number of nitrogens with zero attached hydrogens (tertiary/aromatic N) is 2. The molecule has 0 unspecified atom stereocenters. The van der Waals surface area contributed by atoms with Crippen molar-refractivity contribution in [2.75, 3.05) is 46.6 Å². The van der Waals surface area contributed by atoms with E-state index < -0.39 is 0 Å². The molecule has 20 heavy (non-hydrogen) atoms. The molecule has 0 aliphatic carbocycles. The van der Waals surface area contributed by atoms with Crippen LogP contribution in [0.15, 0.2) is 18.2 Å². The topological polar surface area (TPSA) is 54.7 Å². The maximum Gasteiger partial charge on any atom is 0.162 e. The molecule has 0 N–H and O–H groups in total. The van der Waals surface area contributed by atoms with E-state index in [1.54, 1.807) is 25.3 Å². The Labute approximate surface area is 119 Å². The van der Waals surface area contributed by atoms with Gasteiger partial charge in [0.25, 0.3) is 0 Å². The molecular formula is C15H20N2O3. The largest absolute Gasteiger partial charge is 0.493 e. The second-order valence-electron chi connectivity index (χ2n) is 4.63. The van der Waals surface area contributed by atoms with Crippen LogP contribution in [0.4, 0.5) is 0 Å². The summed E-state index contributed by atoms with van der Waals surface area (Å²) in [5.41, 5.74) is 0.578. The third-order valence-electron chi connectivity index (χ3n) is 3.27. The van der Waals surface area contributed by atoms with Crippen molar-refractivity contribution < 1.29 is 14.2 Å². The molecule has 0 saturated carbocycles. The Morgan fingerprint density at radius 2 is 2.10 bits per heavy atom. The first-order chi connectivity index (χ1) is 9.83. The second kappa shape index (κ2) is 7.73. The lowest BCUT2D eigenvalue weighted by Crippen LogP contribution is -2.37. The Hall–Kier alpha value is -1.77. The van der Waals surface area contributed by atoms with E-state index >= 15 is 0 Å². The molecule has 0 aromatic heterocycles. The molecule has 0 bridgehead atoms. The first-order valence-electron chi connectivity index (χ1n) is 6.84. The maximum absolute atomic E-state index is 8.90. The highest BCUT2D eigenvalue weighted by Crippen LogP contribution is 2.27. The van der Waals surface area contributed by atoms with E-state index in [1.165, 1.54) is 0 Å². The Morgan fingerprint density at radius 3 is 2.80 bits per heavy atom. The van der Waals surface area contributed by atoms with Gasteiger partial charge in [0.15, 0.2) is 11.5 Å². The fraction of sp³-hybridized carbons (Fsp3) is 0.533. The van der Waals surface area contributed by atoms with Gasteiger partial charge in [-0.2, -0.15) is 5.26 Å². The number of hydrogen-bond acceptors (Lipinski definition) is 5. The van der Waals surface area contributed by atoms with Gasteiger partial charge in [-0.25, -0.2) is 0 Å². The van der Waals surface area contributed by atoms with Crippen molar-refractivity contribution in [2.24, 2.45) is 0 Å². The Balaban J connectivity index is 1.79. The fourth-order valence-corrected chi connectivity index (χ4v) is 2.15. The second-order valence-corrected chi connectivity index (χ2v) is 4.63. The van der Waals surface area contributed by atoms with Gasteiger partial charge in [-0.05, 0) is 18.6 Å². The third-order valence-corrected chi connectivity index (χ3v) is 3.27. The van der Waals surface area contributed by atoms with Crippen molar-refractivity contribution >= 4 is 0 Å². The predicted octanol–water partition coefficient (Wildman–Crippen LogP) is 1.67. The average molecular weight is 276 g/mol. The molecule has 5 heteroatoms. The van der Waals surface area contributed by atoms with Gasteiger partial charge < -0.3 is 14.2 Å². The number of hydrogen-bond donors (Lipinski definition) is 0. The minimum atomic E-state index is 0.578. The monoisotopic (exact) mass is 276 g/mol. The third kappa shape index (κ3) is 4.12. The number of methoxy groups -OCH3 is 1. The summed E-state index contributed by atoms with van der Waals surface area (Å²) in [6.07, 6.45) is 0.944. The van der Waals surface area contributed by atoms with Crippen molar-refractivity contribution in [3.05, 3.63) is 23.8 Å². The van der Waals surface area contributed by atoms with Gasteiger partial charge in [0, 0.05) is 25.7 Å². The van der Waals surface area contributed by atoms with E-state index in [2.05, 4.69) is 11.0 Å². The van der Waals surface area contributed by atoms with Gasteiger partial charge in [0.2, 0.25) is 0 Å². The summed E-state index contributed by atoms with van der Waals surface area (Å²) in [5.74, 6) is 1.30. The maximum atomic E-state index is 8.90. The normalized spacial score (nSPS) is 15.6. The highest BCUT2D eigenvalue weighted by Gasteiger charge is 2.10. The molecule has 1 aromatic carbocycles. The quantitative estimate of drug-likeness (QED) is 0.740. The van der Waals surface area contributed by atoms with E-state index in [0.29, 0.717) is 23.7 Å². The van der Waals surface area contributed by atoms with Crippen LogP contribution < -0.4 is 9.47 Å². The smallest absolute Gasteiger partial charge is 0.162 e. The van der Waals surface area contributed by atoms with Crippen LogP contribution in [0.5, 0.6) is 11.5 Å². The van der Waals surface area contributed by atoms with Crippen LogP contribution >= 0.6 is 0 Å². The number of rotatable bonds is 6. The lowest BCUT2D eigenvalue weighted by Gasteiger charge is -2.26. The van der Waals surface area contributed by atoms with Crippen molar-refractivity contribution in [3.63, 3.8) is 0 Å². The number of ether oxygens (including phenoxy) is 3. The summed E-state index contributed by atoms with van der Waals surface area (Å²) in [5, 5.41) is 8.90. The summed E-state index contributed by atoms with van der Waals surface area (Å²) in [7, 11) is 1.60. The van der Waals surface area contributed by atoms with Gasteiger partial charge in [0.05, 0.1) is 38.6 Å². The molecule has 5 nitrogen and oxygen atoms in total. The lowest BCUT2D eigenvalue weighted by atomic mass is 10.2. The van der Waals surface area contributed by atoms with Gasteiger partial charge in [-0.3, -0.25) is 4.90 Å². The summed E-state index contributed by atoms with van der Waals surface area (Å²) >= 11 is 0. The number of benzene rings is 1. The van der Waals surface area contributed by atoms with Crippen LogP contribution in [-0.2, 0) is 4.74 Å². The Bertz CT molecular complexity index is 465. The summed E-state index contributed by atoms with van der Waals surface area (Å²) < 4.78 is 16.3. The molecule has 108 valence electrons. The molecule has 0 amide bonds. The molecule has 0 atom stereocenters. The predicted molar refractivity (Wildman–Crippen MR) is 75.1 cm³/mol. The van der Waals surface area contributed by atoms with Crippen LogP contribution in [0.2, 0.25) is 0 Å². The molecule has 1 aliphatic rings. The minimum Gasteiger partial charge on any atom is -0.493 e. The zero-order valence-corrected chi connectivity index (χ0v) is 11.8. The number of nitriles is 1. The van der Waals surface area contributed by atoms with Gasteiger partial charge in [-0.15, -0.1) is 0 Å². The molecule has 1 aromatic rings. The molecule has 1 aliphatic heterocycles. The highest BCUT2D eigenvalue weighted by atomic mass is 16.5. The molecular weight excluding hydrogens is 256 g/mol. The van der Waals surface area contributed by atoms with E-state index in [0.717, 1.165) is 39.3 Å². The van der Waals surface area contributed by atoms with Crippen molar-refractivity contribution in [2.45, 2.75) is 6.42 Å². The first-order valence-corrected chi connectivity index (χ1v) is 6.84. The van der Waals surface area contributed by atoms with Gasteiger partial charge in [-0.1, -0.05) is 0 Å². The van der Waals surface area contributed by atoms with Gasteiger partial charge >= 0.3 is 0 Å². The SMILES string of the molecule is COc1ccc(C#N)cc1OCCCN1CCOCC1. The van der Waals surface area contributed by atoms with Crippen LogP contribution in [0.25, 0.3) is 0 Å². The summed E-state index contributed by atoms with van der Waals surface area (Å²) in [6.45, 7) is 5.24. The molecule has 0 spiro atoms. The Kier molecular flexibility index (Phi) is 5.66. The van der Waals surface area contributed by atoms with Crippen LogP contribution in [-0.4, -0.2) is 51.5 Å². The van der Waals surface area contributed by atoms with E-state index in [9.17, 15) is 0 Å².